The highest BCUT2D eigenvalue weighted by atomic mass is 16.5. The molecular weight excluding hydrogens is 342 g/mol. The topological polar surface area (TPSA) is 71.8 Å². The number of ether oxygens (including phenoxy) is 1. The number of nitrogens with one attached hydrogen (secondary N) is 1. The van der Waals surface area contributed by atoms with Crippen LogP contribution in [0.15, 0.2) is 42.6 Å². The number of hydrogen-bond donors (Lipinski definition) is 1. The van der Waals surface area contributed by atoms with Crippen LogP contribution < -0.4 is 10.2 Å². The van der Waals surface area contributed by atoms with Gasteiger partial charge in [-0.3, -0.25) is 9.20 Å². The molecule has 0 bridgehead atoms. The van der Waals surface area contributed by atoms with Gasteiger partial charge in [0.15, 0.2) is 5.65 Å². The van der Waals surface area contributed by atoms with E-state index in [0.29, 0.717) is 24.5 Å². The number of fused-ring (bicyclic) bond motifs is 1. The summed E-state index contributed by atoms with van der Waals surface area (Å²) in [6.07, 6.45) is 1.87. The van der Waals surface area contributed by atoms with Crippen molar-refractivity contribution in [2.45, 2.75) is 19.8 Å². The van der Waals surface area contributed by atoms with Gasteiger partial charge in [0, 0.05) is 30.9 Å². The number of hydrogen-bond acceptors (Lipinski definition) is 5. The minimum absolute atomic E-state index is 0.129. The number of amides is 1. The minimum atomic E-state index is -0.129. The quantitative estimate of drug-likeness (QED) is 0.770. The number of carbonyl (C=O) groups is 1. The molecule has 3 aromatic rings. The molecule has 1 saturated heterocycles. The number of aromatic nitrogens is 3. The highest BCUT2D eigenvalue weighted by molar-refractivity contribution is 6.08. The molecule has 3 heterocycles. The molecule has 7 nitrogen and oxygen atoms in total. The Morgan fingerprint density at radius 3 is 2.67 bits per heavy atom. The van der Waals surface area contributed by atoms with Crippen molar-refractivity contribution in [3.8, 4) is 0 Å². The lowest BCUT2D eigenvalue weighted by Crippen LogP contribution is -2.37. The monoisotopic (exact) mass is 365 g/mol. The van der Waals surface area contributed by atoms with Crippen molar-refractivity contribution in [3.63, 3.8) is 0 Å². The lowest BCUT2D eigenvalue weighted by molar-refractivity contribution is 0.102. The largest absolute Gasteiger partial charge is 0.378 e. The zero-order valence-corrected chi connectivity index (χ0v) is 15.6. The van der Waals surface area contributed by atoms with E-state index < -0.39 is 0 Å². The summed E-state index contributed by atoms with van der Waals surface area (Å²) in [5, 5.41) is 11.4. The summed E-state index contributed by atoms with van der Waals surface area (Å²) in [7, 11) is 0. The molecule has 2 aromatic heterocycles. The van der Waals surface area contributed by atoms with Crippen molar-refractivity contribution in [1.82, 2.24) is 14.6 Å². The van der Waals surface area contributed by atoms with E-state index in [4.69, 9.17) is 4.74 Å². The van der Waals surface area contributed by atoms with Gasteiger partial charge in [-0.2, -0.15) is 0 Å². The fraction of sp³-hybridized carbons (Fsp3) is 0.350. The van der Waals surface area contributed by atoms with Gasteiger partial charge in [0.25, 0.3) is 5.91 Å². The van der Waals surface area contributed by atoms with E-state index in [1.165, 1.54) is 0 Å². The highest BCUT2D eigenvalue weighted by Gasteiger charge is 2.19. The molecule has 7 heteroatoms. The Morgan fingerprint density at radius 1 is 1.11 bits per heavy atom. The van der Waals surface area contributed by atoms with Crippen molar-refractivity contribution in [3.05, 3.63) is 54.0 Å². The second-order valence-corrected chi connectivity index (χ2v) is 6.93. The molecule has 1 fully saturated rings. The molecule has 0 saturated carbocycles. The third kappa shape index (κ3) is 3.50. The van der Waals surface area contributed by atoms with Gasteiger partial charge >= 0.3 is 0 Å². The second-order valence-electron chi connectivity index (χ2n) is 6.93. The summed E-state index contributed by atoms with van der Waals surface area (Å²) in [5.41, 5.74) is 3.08. The predicted molar refractivity (Wildman–Crippen MR) is 105 cm³/mol. The first-order valence-corrected chi connectivity index (χ1v) is 9.21. The molecule has 1 amide bonds. The van der Waals surface area contributed by atoms with Gasteiger partial charge in [0.1, 0.15) is 5.82 Å². The third-order valence-corrected chi connectivity index (χ3v) is 4.70. The molecule has 4 rings (SSSR count). The number of nitrogens with zero attached hydrogens (tertiary/aromatic N) is 4. The molecule has 1 aliphatic rings. The molecule has 140 valence electrons. The van der Waals surface area contributed by atoms with Crippen LogP contribution in [0.1, 0.15) is 35.9 Å². The SMILES string of the molecule is CC(C)c1nnc2ccc(NC(=O)c3ccccc3N3CCOCC3)cn12. The van der Waals surface area contributed by atoms with Gasteiger partial charge in [-0.1, -0.05) is 26.0 Å². The summed E-state index contributed by atoms with van der Waals surface area (Å²) in [5.74, 6) is 0.985. The average Bonchev–Trinajstić information content (AvgIpc) is 3.12. The number of morpholine rings is 1. The van der Waals surface area contributed by atoms with E-state index in [9.17, 15) is 4.79 Å². The number of carbonyl (C=O) groups excluding carboxylic acids is 1. The molecule has 0 spiro atoms. The summed E-state index contributed by atoms with van der Waals surface area (Å²) in [6, 6.07) is 11.4. The van der Waals surface area contributed by atoms with Crippen LogP contribution in [-0.2, 0) is 4.74 Å². The van der Waals surface area contributed by atoms with Crippen LogP contribution in [-0.4, -0.2) is 46.8 Å². The van der Waals surface area contributed by atoms with E-state index in [1.807, 2.05) is 47.0 Å². The first-order valence-electron chi connectivity index (χ1n) is 9.21. The maximum atomic E-state index is 13.0. The standard InChI is InChI=1S/C20H23N5O2/c1-14(2)19-23-22-18-8-7-15(13-25(18)19)21-20(26)16-5-3-4-6-17(16)24-9-11-27-12-10-24/h3-8,13-14H,9-12H2,1-2H3,(H,21,26). The van der Waals surface area contributed by atoms with Gasteiger partial charge < -0.3 is 15.0 Å². The van der Waals surface area contributed by atoms with Gasteiger partial charge in [-0.25, -0.2) is 0 Å². The molecule has 0 unspecified atom stereocenters. The Bertz CT molecular complexity index is 960. The van der Waals surface area contributed by atoms with Crippen molar-refractivity contribution >= 4 is 22.9 Å². The molecule has 0 aliphatic carbocycles. The Kier molecular flexibility index (Phi) is 4.77. The summed E-state index contributed by atoms with van der Waals surface area (Å²) in [6.45, 7) is 7.07. The molecule has 1 aromatic carbocycles. The van der Waals surface area contributed by atoms with E-state index in [2.05, 4.69) is 34.3 Å². The van der Waals surface area contributed by atoms with Gasteiger partial charge in [0.2, 0.25) is 0 Å². The fourth-order valence-electron chi connectivity index (χ4n) is 3.32. The zero-order chi connectivity index (χ0) is 18.8. The van der Waals surface area contributed by atoms with Gasteiger partial charge in [-0.05, 0) is 24.3 Å². The van der Waals surface area contributed by atoms with Crippen LogP contribution in [0, 0.1) is 0 Å². The third-order valence-electron chi connectivity index (χ3n) is 4.70. The lowest BCUT2D eigenvalue weighted by Gasteiger charge is -2.30. The summed E-state index contributed by atoms with van der Waals surface area (Å²) in [4.78, 5) is 15.2. The normalized spacial score (nSPS) is 14.7. The highest BCUT2D eigenvalue weighted by Crippen LogP contribution is 2.23. The van der Waals surface area contributed by atoms with Crippen molar-refractivity contribution in [2.24, 2.45) is 0 Å². The number of pyridine rings is 1. The van der Waals surface area contributed by atoms with Crippen LogP contribution in [0.5, 0.6) is 0 Å². The lowest BCUT2D eigenvalue weighted by atomic mass is 10.1. The van der Waals surface area contributed by atoms with Crippen LogP contribution in [0.4, 0.5) is 11.4 Å². The summed E-state index contributed by atoms with van der Waals surface area (Å²) >= 11 is 0. The van der Waals surface area contributed by atoms with Crippen LogP contribution in [0.3, 0.4) is 0 Å². The molecule has 27 heavy (non-hydrogen) atoms. The molecule has 1 aliphatic heterocycles. The molecule has 0 atom stereocenters. The second kappa shape index (κ2) is 7.36. The molecule has 1 N–H and O–H groups in total. The van der Waals surface area contributed by atoms with E-state index in [1.54, 1.807) is 0 Å². The minimum Gasteiger partial charge on any atom is -0.378 e. The Hall–Kier alpha value is -2.93. The molecular formula is C20H23N5O2. The first kappa shape index (κ1) is 17.5. The fourth-order valence-corrected chi connectivity index (χ4v) is 3.32. The van der Waals surface area contributed by atoms with Crippen molar-refractivity contribution in [1.29, 1.82) is 0 Å². The van der Waals surface area contributed by atoms with E-state index >= 15 is 0 Å². The number of rotatable bonds is 4. The number of benzene rings is 1. The van der Waals surface area contributed by atoms with Crippen molar-refractivity contribution < 1.29 is 9.53 Å². The van der Waals surface area contributed by atoms with E-state index in [0.717, 1.165) is 30.2 Å². The average molecular weight is 365 g/mol. The first-order chi connectivity index (χ1) is 13.1. The Labute approximate surface area is 158 Å². The van der Waals surface area contributed by atoms with Crippen LogP contribution in [0.2, 0.25) is 0 Å². The predicted octanol–water partition coefficient (Wildman–Crippen LogP) is 2.94. The van der Waals surface area contributed by atoms with Gasteiger partial charge in [-0.15, -0.1) is 10.2 Å². The Balaban J connectivity index is 1.61. The van der Waals surface area contributed by atoms with Crippen LogP contribution >= 0.6 is 0 Å². The van der Waals surface area contributed by atoms with Crippen molar-refractivity contribution in [2.75, 3.05) is 36.5 Å². The number of para-hydroxylation sites is 1. The smallest absolute Gasteiger partial charge is 0.257 e. The Morgan fingerprint density at radius 2 is 1.89 bits per heavy atom. The number of anilines is 2. The zero-order valence-electron chi connectivity index (χ0n) is 15.6. The van der Waals surface area contributed by atoms with Crippen LogP contribution in [0.25, 0.3) is 5.65 Å². The molecule has 0 radical (unpaired) electrons. The van der Waals surface area contributed by atoms with E-state index in [-0.39, 0.29) is 11.8 Å². The maximum absolute atomic E-state index is 13.0. The summed E-state index contributed by atoms with van der Waals surface area (Å²) < 4.78 is 7.35. The maximum Gasteiger partial charge on any atom is 0.257 e. The van der Waals surface area contributed by atoms with Gasteiger partial charge in [0.05, 0.1) is 24.5 Å².